The van der Waals surface area contributed by atoms with Gasteiger partial charge in [-0.1, -0.05) is 61.4 Å². The molecule has 10 heteroatoms. The van der Waals surface area contributed by atoms with Gasteiger partial charge in [0.15, 0.2) is 0 Å². The molecule has 1 heterocycles. The number of aliphatic imine (C=N–C) groups is 1. The molecule has 3 atom stereocenters. The van der Waals surface area contributed by atoms with Gasteiger partial charge < -0.3 is 16.4 Å². The second-order valence-electron chi connectivity index (χ2n) is 10.7. The molecule has 0 radical (unpaired) electrons. The Labute approximate surface area is 224 Å². The smallest absolute Gasteiger partial charge is 0.369 e. The average molecular weight is 541 g/mol. The normalized spacial score (nSPS) is 20.6. The number of amides is 3. The van der Waals surface area contributed by atoms with Crippen LogP contribution in [0.5, 0.6) is 0 Å². The fourth-order valence-electron chi connectivity index (χ4n) is 5.28. The molecule has 206 valence electrons. The Morgan fingerprint density at radius 3 is 2.36 bits per heavy atom. The maximum absolute atomic E-state index is 13.5. The summed E-state index contributed by atoms with van der Waals surface area (Å²) in [6.45, 7) is 0. The summed E-state index contributed by atoms with van der Waals surface area (Å²) >= 11 is 0. The summed E-state index contributed by atoms with van der Waals surface area (Å²) in [5.74, 6) is -4.18. The Hall–Kier alpha value is -3.69. The number of anilines is 1. The van der Waals surface area contributed by atoms with Crippen molar-refractivity contribution in [3.63, 3.8) is 0 Å². The van der Waals surface area contributed by atoms with Crippen molar-refractivity contribution in [3.8, 4) is 0 Å². The first-order valence-electron chi connectivity index (χ1n) is 13.3. The van der Waals surface area contributed by atoms with E-state index < -0.39 is 54.7 Å². The van der Waals surface area contributed by atoms with Crippen molar-refractivity contribution in [2.24, 2.45) is 28.5 Å². The zero-order chi connectivity index (χ0) is 27.7. The van der Waals surface area contributed by atoms with E-state index in [9.17, 15) is 27.6 Å². The van der Waals surface area contributed by atoms with Gasteiger partial charge in [-0.05, 0) is 43.1 Å². The van der Waals surface area contributed by atoms with Crippen molar-refractivity contribution in [2.75, 3.05) is 5.32 Å². The minimum atomic E-state index is -4.51. The monoisotopic (exact) mass is 540 g/mol. The van der Waals surface area contributed by atoms with E-state index in [1.54, 1.807) is 0 Å². The van der Waals surface area contributed by atoms with Crippen LogP contribution in [0.1, 0.15) is 67.6 Å². The van der Waals surface area contributed by atoms with E-state index >= 15 is 0 Å². The number of carbonyl (C=O) groups excluding carboxylic acids is 3. The van der Waals surface area contributed by atoms with Crippen molar-refractivity contribution in [2.45, 2.75) is 63.2 Å². The van der Waals surface area contributed by atoms with Crippen LogP contribution in [0.2, 0.25) is 0 Å². The number of carbonyl (C=O) groups is 3. The molecule has 2 aromatic rings. The van der Waals surface area contributed by atoms with E-state index in [0.29, 0.717) is 22.9 Å². The molecule has 2 saturated carbocycles. The number of alkyl halides is 3. The molecule has 7 nitrogen and oxygen atoms in total. The number of hydrogen-bond donors (Lipinski definition) is 3. The number of rotatable bonds is 10. The van der Waals surface area contributed by atoms with E-state index in [4.69, 9.17) is 5.73 Å². The van der Waals surface area contributed by atoms with Gasteiger partial charge in [-0.25, -0.2) is 4.99 Å². The van der Waals surface area contributed by atoms with Crippen LogP contribution in [0.15, 0.2) is 53.5 Å². The first-order chi connectivity index (χ1) is 18.6. The molecule has 5 rings (SSSR count). The van der Waals surface area contributed by atoms with Gasteiger partial charge >= 0.3 is 6.18 Å². The second kappa shape index (κ2) is 10.8. The van der Waals surface area contributed by atoms with Gasteiger partial charge in [0.25, 0.3) is 5.91 Å². The lowest BCUT2D eigenvalue weighted by molar-refractivity contribution is -0.146. The number of halogens is 3. The molecule has 3 aliphatic rings. The fraction of sp³-hybridized carbons (Fsp3) is 0.448. The minimum Gasteiger partial charge on any atom is -0.369 e. The Bertz CT molecular complexity index is 1290. The van der Waals surface area contributed by atoms with E-state index in [-0.39, 0.29) is 12.3 Å². The number of benzodiazepines with no additional fused rings is 1. The number of primary amides is 1. The summed E-state index contributed by atoms with van der Waals surface area (Å²) in [5, 5.41) is 5.48. The van der Waals surface area contributed by atoms with Crippen LogP contribution in [-0.2, 0) is 14.4 Å². The van der Waals surface area contributed by atoms with Gasteiger partial charge in [-0.15, -0.1) is 0 Å². The van der Waals surface area contributed by atoms with Crippen LogP contribution < -0.4 is 16.4 Å². The summed E-state index contributed by atoms with van der Waals surface area (Å²) < 4.78 is 39.5. The zero-order valence-electron chi connectivity index (χ0n) is 21.3. The first-order valence-corrected chi connectivity index (χ1v) is 13.3. The topological polar surface area (TPSA) is 114 Å². The van der Waals surface area contributed by atoms with Gasteiger partial charge in [0.05, 0.1) is 11.4 Å². The van der Waals surface area contributed by atoms with Crippen molar-refractivity contribution in [1.29, 1.82) is 0 Å². The Kier molecular flexibility index (Phi) is 7.46. The van der Waals surface area contributed by atoms with Gasteiger partial charge in [-0.2, -0.15) is 13.2 Å². The molecule has 3 amide bonds. The van der Waals surface area contributed by atoms with E-state index in [1.807, 2.05) is 48.5 Å². The molecule has 0 aromatic heterocycles. The highest BCUT2D eigenvalue weighted by molar-refractivity contribution is 6.20. The highest BCUT2D eigenvalue weighted by Gasteiger charge is 2.41. The molecule has 39 heavy (non-hydrogen) atoms. The Balaban J connectivity index is 1.48. The number of fused-ring (bicyclic) bond motifs is 1. The lowest BCUT2D eigenvalue weighted by Gasteiger charge is -2.26. The predicted molar refractivity (Wildman–Crippen MR) is 140 cm³/mol. The third kappa shape index (κ3) is 6.49. The SMILES string of the molecule is NC(=O)[C@@H](CC1CC1)[C@@H](CCC(F)(F)F)C(=O)NC1N=C(c2ccccc2)c2cccc(C3CC3)c2NC1=O. The second-order valence-corrected chi connectivity index (χ2v) is 10.7. The standard InChI is InChI=1S/C29H31F3N4O3/c30-29(31,32)14-13-20(22(25(33)37)15-16-9-10-16)27(38)36-26-28(39)35-24-19(17-11-12-17)7-4-8-21(24)23(34-26)18-5-2-1-3-6-18/h1-8,16-17,20,22,26H,9-15H2,(H2,33,37)(H,35,39)(H,36,38)/t20-,22+,26?/m1/s1. The zero-order valence-corrected chi connectivity index (χ0v) is 21.3. The molecular formula is C29H31F3N4O3. The lowest BCUT2D eigenvalue weighted by Crippen LogP contribution is -2.48. The van der Waals surface area contributed by atoms with Crippen LogP contribution >= 0.6 is 0 Å². The Morgan fingerprint density at radius 2 is 1.74 bits per heavy atom. The number of nitrogens with two attached hydrogens (primary N) is 1. The van der Waals surface area contributed by atoms with E-state index in [0.717, 1.165) is 36.8 Å². The number of benzene rings is 2. The molecule has 0 spiro atoms. The highest BCUT2D eigenvalue weighted by atomic mass is 19.4. The molecular weight excluding hydrogens is 509 g/mol. The lowest BCUT2D eigenvalue weighted by atomic mass is 9.83. The van der Waals surface area contributed by atoms with E-state index in [1.165, 1.54) is 0 Å². The minimum absolute atomic E-state index is 0.155. The molecule has 2 aromatic carbocycles. The molecule has 1 unspecified atom stereocenters. The van der Waals surface area contributed by atoms with Crippen LogP contribution in [-0.4, -0.2) is 35.8 Å². The number of para-hydroxylation sites is 1. The fourth-order valence-corrected chi connectivity index (χ4v) is 5.28. The van der Waals surface area contributed by atoms with Gasteiger partial charge in [0, 0.05) is 29.4 Å². The molecule has 2 aliphatic carbocycles. The largest absolute Gasteiger partial charge is 0.389 e. The summed E-state index contributed by atoms with van der Waals surface area (Å²) in [7, 11) is 0. The van der Waals surface area contributed by atoms with Crippen LogP contribution in [0, 0.1) is 17.8 Å². The molecule has 4 N–H and O–H groups in total. The van der Waals surface area contributed by atoms with Crippen LogP contribution in [0.4, 0.5) is 18.9 Å². The third-order valence-electron chi connectivity index (χ3n) is 7.66. The predicted octanol–water partition coefficient (Wildman–Crippen LogP) is 4.66. The van der Waals surface area contributed by atoms with Gasteiger partial charge in [0.2, 0.25) is 18.0 Å². The molecule has 0 bridgehead atoms. The van der Waals surface area contributed by atoms with Gasteiger partial charge in [-0.3, -0.25) is 14.4 Å². The van der Waals surface area contributed by atoms with E-state index in [2.05, 4.69) is 15.6 Å². The van der Waals surface area contributed by atoms with Crippen molar-refractivity contribution in [3.05, 3.63) is 65.2 Å². The number of hydrogen-bond acceptors (Lipinski definition) is 4. The number of nitrogens with one attached hydrogen (secondary N) is 2. The van der Waals surface area contributed by atoms with Crippen molar-refractivity contribution in [1.82, 2.24) is 5.32 Å². The molecule has 0 saturated heterocycles. The maximum atomic E-state index is 13.5. The summed E-state index contributed by atoms with van der Waals surface area (Å²) in [4.78, 5) is 43.8. The summed E-state index contributed by atoms with van der Waals surface area (Å²) in [6.07, 6.45) is -3.84. The number of nitrogens with zero attached hydrogens (tertiary/aromatic N) is 1. The van der Waals surface area contributed by atoms with Crippen molar-refractivity contribution >= 4 is 29.1 Å². The average Bonchev–Trinajstić information content (AvgIpc) is 3.80. The summed E-state index contributed by atoms with van der Waals surface area (Å²) in [5.41, 5.74) is 9.09. The Morgan fingerprint density at radius 1 is 1.03 bits per heavy atom. The highest BCUT2D eigenvalue weighted by Crippen LogP contribution is 2.45. The third-order valence-corrected chi connectivity index (χ3v) is 7.66. The van der Waals surface area contributed by atoms with Crippen molar-refractivity contribution < 1.29 is 27.6 Å². The van der Waals surface area contributed by atoms with Crippen LogP contribution in [0.25, 0.3) is 0 Å². The van der Waals surface area contributed by atoms with Gasteiger partial charge in [0.1, 0.15) is 0 Å². The first kappa shape index (κ1) is 26.9. The molecule has 2 fully saturated rings. The maximum Gasteiger partial charge on any atom is 0.389 e. The quantitative estimate of drug-likeness (QED) is 0.407. The molecule has 1 aliphatic heterocycles. The van der Waals surface area contributed by atoms with Crippen LogP contribution in [0.3, 0.4) is 0 Å². The summed E-state index contributed by atoms with van der Waals surface area (Å²) in [6, 6.07) is 14.9.